The fourth-order valence-corrected chi connectivity index (χ4v) is 3.28. The predicted octanol–water partition coefficient (Wildman–Crippen LogP) is 3.36. The Morgan fingerprint density at radius 1 is 1.35 bits per heavy atom. The average molecular weight is 348 g/mol. The van der Waals surface area contributed by atoms with Gasteiger partial charge in [-0.1, -0.05) is 12.1 Å². The molecule has 0 amide bonds. The summed E-state index contributed by atoms with van der Waals surface area (Å²) in [5, 5.41) is 9.78. The highest BCUT2D eigenvalue weighted by molar-refractivity contribution is 5.58. The Labute approximate surface area is 150 Å². The first-order chi connectivity index (χ1) is 12.7. The molecule has 0 spiro atoms. The van der Waals surface area contributed by atoms with Gasteiger partial charge in [-0.25, -0.2) is 15.1 Å². The van der Waals surface area contributed by atoms with E-state index in [1.165, 1.54) is 6.20 Å². The van der Waals surface area contributed by atoms with Gasteiger partial charge < -0.3 is 9.13 Å². The molecule has 26 heavy (non-hydrogen) atoms. The summed E-state index contributed by atoms with van der Waals surface area (Å²) >= 11 is 0. The predicted molar refractivity (Wildman–Crippen MR) is 95.1 cm³/mol. The quantitative estimate of drug-likeness (QED) is 0.678. The summed E-state index contributed by atoms with van der Waals surface area (Å²) in [6.07, 6.45) is 6.71. The topological polar surface area (TPSA) is 62.7 Å². The van der Waals surface area contributed by atoms with Crippen molar-refractivity contribution in [2.45, 2.75) is 26.6 Å². The van der Waals surface area contributed by atoms with Gasteiger partial charge in [0.15, 0.2) is 0 Å². The first-order valence-electron chi connectivity index (χ1n) is 8.40. The van der Waals surface area contributed by atoms with Gasteiger partial charge in [-0.3, -0.25) is 0 Å². The lowest BCUT2D eigenvalue weighted by Gasteiger charge is -2.16. The molecule has 2 aromatic heterocycles. The maximum Gasteiger partial charge on any atom is 0.140 e. The van der Waals surface area contributed by atoms with E-state index in [9.17, 15) is 4.48 Å². The molecule has 0 atom stereocenters. The molecular formula is C19H17FN6. The van der Waals surface area contributed by atoms with Gasteiger partial charge in [-0.05, 0) is 25.1 Å². The van der Waals surface area contributed by atoms with Crippen LogP contribution in [0.1, 0.15) is 29.7 Å². The average Bonchev–Trinajstić information content (AvgIpc) is 3.25. The zero-order valence-electron chi connectivity index (χ0n) is 14.3. The van der Waals surface area contributed by atoms with Crippen molar-refractivity contribution >= 4 is 6.08 Å². The Bertz CT molecular complexity index is 1020. The Hall–Kier alpha value is -3.40. The number of fused-ring (bicyclic) bond motifs is 1. The van der Waals surface area contributed by atoms with Gasteiger partial charge in [-0.2, -0.15) is 5.26 Å². The third-order valence-electron chi connectivity index (χ3n) is 4.47. The van der Waals surface area contributed by atoms with E-state index < -0.39 is 0 Å². The van der Waals surface area contributed by atoms with Crippen LogP contribution in [0.5, 0.6) is 0 Å². The lowest BCUT2D eigenvalue weighted by Crippen LogP contribution is -2.16. The molecule has 130 valence electrons. The lowest BCUT2D eigenvalue weighted by molar-refractivity contribution is 0.0762. The number of nitrogens with zero attached hydrogens (tertiary/aromatic N) is 6. The fourth-order valence-electron chi connectivity index (χ4n) is 3.28. The highest BCUT2D eigenvalue weighted by Gasteiger charge is 2.20. The minimum Gasteiger partial charge on any atom is -0.329 e. The van der Waals surface area contributed by atoms with Crippen molar-refractivity contribution in [1.82, 2.24) is 24.2 Å². The van der Waals surface area contributed by atoms with E-state index in [0.29, 0.717) is 23.8 Å². The maximum absolute atomic E-state index is 13.6. The molecule has 0 unspecified atom stereocenters. The standard InChI is InChI=1S/C19H17FN6/c1-2-26-17-12-25(20)8-6-16(17)23-18(26)13-24-9-7-22-19(24)15-5-3-4-14(10-15)11-21/h3-10H,2,12-13H2,1H3. The molecule has 0 saturated carbocycles. The third-order valence-corrected chi connectivity index (χ3v) is 4.47. The van der Waals surface area contributed by atoms with E-state index in [2.05, 4.69) is 16.0 Å². The Morgan fingerprint density at radius 3 is 3.04 bits per heavy atom. The molecule has 3 aromatic rings. The van der Waals surface area contributed by atoms with E-state index in [0.717, 1.165) is 28.6 Å². The van der Waals surface area contributed by atoms with Crippen molar-refractivity contribution in [3.8, 4) is 17.5 Å². The highest BCUT2D eigenvalue weighted by Crippen LogP contribution is 2.24. The molecule has 0 saturated heterocycles. The van der Waals surface area contributed by atoms with Gasteiger partial charge in [0.25, 0.3) is 0 Å². The van der Waals surface area contributed by atoms with Crippen LogP contribution in [0.3, 0.4) is 0 Å². The van der Waals surface area contributed by atoms with Crippen LogP contribution in [0, 0.1) is 11.3 Å². The van der Waals surface area contributed by atoms with E-state index in [1.807, 2.05) is 40.5 Å². The van der Waals surface area contributed by atoms with Crippen LogP contribution in [-0.2, 0) is 19.6 Å². The van der Waals surface area contributed by atoms with E-state index in [1.54, 1.807) is 18.3 Å². The van der Waals surface area contributed by atoms with Crippen LogP contribution in [-0.4, -0.2) is 24.2 Å². The first kappa shape index (κ1) is 16.1. The largest absolute Gasteiger partial charge is 0.329 e. The van der Waals surface area contributed by atoms with Crippen molar-refractivity contribution in [1.29, 1.82) is 5.26 Å². The second-order valence-electron chi connectivity index (χ2n) is 6.05. The van der Waals surface area contributed by atoms with E-state index in [4.69, 9.17) is 5.26 Å². The zero-order valence-corrected chi connectivity index (χ0v) is 14.3. The number of rotatable bonds is 4. The summed E-state index contributed by atoms with van der Waals surface area (Å²) in [4.78, 5) is 9.12. The number of hydrogen-bond acceptors (Lipinski definition) is 4. The maximum atomic E-state index is 13.6. The summed E-state index contributed by atoms with van der Waals surface area (Å²) in [6.45, 7) is 3.46. The molecule has 0 aliphatic carbocycles. The minimum atomic E-state index is 0.202. The van der Waals surface area contributed by atoms with Gasteiger partial charge in [0.05, 0.1) is 36.1 Å². The molecule has 1 aliphatic rings. The van der Waals surface area contributed by atoms with E-state index >= 15 is 0 Å². The lowest BCUT2D eigenvalue weighted by atomic mass is 10.1. The van der Waals surface area contributed by atoms with Gasteiger partial charge in [-0.15, -0.1) is 4.48 Å². The highest BCUT2D eigenvalue weighted by atomic mass is 19.2. The number of hydrogen-bond donors (Lipinski definition) is 0. The Kier molecular flexibility index (Phi) is 4.01. The van der Waals surface area contributed by atoms with Gasteiger partial charge in [0, 0.05) is 30.7 Å². The van der Waals surface area contributed by atoms with Crippen LogP contribution in [0.25, 0.3) is 17.5 Å². The van der Waals surface area contributed by atoms with Crippen molar-refractivity contribution in [3.05, 3.63) is 65.6 Å². The molecule has 1 aromatic carbocycles. The molecule has 0 fully saturated rings. The van der Waals surface area contributed by atoms with Crippen LogP contribution in [0.4, 0.5) is 4.48 Å². The van der Waals surface area contributed by atoms with Crippen LogP contribution >= 0.6 is 0 Å². The van der Waals surface area contributed by atoms with Crippen molar-refractivity contribution in [3.63, 3.8) is 0 Å². The van der Waals surface area contributed by atoms with Crippen molar-refractivity contribution in [2.24, 2.45) is 0 Å². The zero-order chi connectivity index (χ0) is 18.1. The van der Waals surface area contributed by atoms with Crippen molar-refractivity contribution < 1.29 is 4.48 Å². The number of nitriles is 1. The monoisotopic (exact) mass is 348 g/mol. The summed E-state index contributed by atoms with van der Waals surface area (Å²) in [6, 6.07) is 9.52. The molecule has 6 nitrogen and oxygen atoms in total. The van der Waals surface area contributed by atoms with Crippen LogP contribution in [0.2, 0.25) is 0 Å². The molecule has 1 aliphatic heterocycles. The summed E-state index contributed by atoms with van der Waals surface area (Å²) in [5.41, 5.74) is 3.16. The summed E-state index contributed by atoms with van der Waals surface area (Å²) < 4.78 is 17.6. The molecule has 0 radical (unpaired) electrons. The fraction of sp³-hybridized carbons (Fsp3) is 0.211. The van der Waals surface area contributed by atoms with E-state index in [-0.39, 0.29) is 6.54 Å². The number of imidazole rings is 2. The number of halogens is 1. The molecule has 3 heterocycles. The minimum absolute atomic E-state index is 0.202. The van der Waals surface area contributed by atoms with Crippen LogP contribution in [0.15, 0.2) is 42.9 Å². The van der Waals surface area contributed by atoms with Gasteiger partial charge in [0.1, 0.15) is 11.6 Å². The SMILES string of the molecule is CCn1c(Cn2ccnc2-c2cccc(C#N)c2)nc2c1CN(F)C=C2. The number of aromatic nitrogens is 4. The molecule has 4 rings (SSSR count). The second-order valence-corrected chi connectivity index (χ2v) is 6.05. The molecule has 0 N–H and O–H groups in total. The smallest absolute Gasteiger partial charge is 0.140 e. The number of benzene rings is 1. The Morgan fingerprint density at radius 2 is 2.23 bits per heavy atom. The molecular weight excluding hydrogens is 331 g/mol. The normalized spacial score (nSPS) is 12.9. The van der Waals surface area contributed by atoms with Crippen LogP contribution < -0.4 is 0 Å². The second kappa shape index (κ2) is 6.48. The summed E-state index contributed by atoms with van der Waals surface area (Å²) in [7, 11) is 0. The summed E-state index contributed by atoms with van der Waals surface area (Å²) in [5.74, 6) is 1.63. The van der Waals surface area contributed by atoms with Gasteiger partial charge in [0.2, 0.25) is 0 Å². The third kappa shape index (κ3) is 2.75. The first-order valence-corrected chi connectivity index (χ1v) is 8.40. The molecule has 0 bridgehead atoms. The van der Waals surface area contributed by atoms with Gasteiger partial charge >= 0.3 is 0 Å². The van der Waals surface area contributed by atoms with Crippen molar-refractivity contribution in [2.75, 3.05) is 0 Å². The Balaban J connectivity index is 1.71. The molecule has 7 heteroatoms.